The van der Waals surface area contributed by atoms with Crippen molar-refractivity contribution in [2.24, 2.45) is 11.3 Å². The van der Waals surface area contributed by atoms with Gasteiger partial charge in [-0.05, 0) is 84.4 Å². The molecule has 6 nitrogen and oxygen atoms in total. The summed E-state index contributed by atoms with van der Waals surface area (Å²) in [5.41, 5.74) is 2.45. The molecule has 0 saturated heterocycles. The predicted molar refractivity (Wildman–Crippen MR) is 123 cm³/mol. The van der Waals surface area contributed by atoms with Gasteiger partial charge in [0.25, 0.3) is 0 Å². The van der Waals surface area contributed by atoms with Crippen LogP contribution in [-0.2, 0) is 10.2 Å². The number of benzene rings is 2. The Morgan fingerprint density at radius 1 is 1.16 bits per heavy atom. The van der Waals surface area contributed by atoms with E-state index in [1.54, 1.807) is 0 Å². The van der Waals surface area contributed by atoms with Gasteiger partial charge in [0.15, 0.2) is 0 Å². The summed E-state index contributed by atoms with van der Waals surface area (Å²) in [5.74, 6) is 0.332. The van der Waals surface area contributed by atoms with Crippen molar-refractivity contribution in [1.82, 2.24) is 0 Å². The van der Waals surface area contributed by atoms with Gasteiger partial charge in [0.05, 0.1) is 17.2 Å². The van der Waals surface area contributed by atoms with Gasteiger partial charge in [0.2, 0.25) is 0 Å². The second kappa shape index (κ2) is 8.18. The van der Waals surface area contributed by atoms with E-state index in [1.165, 1.54) is 29.8 Å². The molecule has 4 rings (SSSR count). The van der Waals surface area contributed by atoms with Crippen LogP contribution in [0.4, 0.5) is 5.69 Å². The largest absolute Gasteiger partial charge is 0.733 e. The summed E-state index contributed by atoms with van der Waals surface area (Å²) in [5, 5.41) is 30.9. The summed E-state index contributed by atoms with van der Waals surface area (Å²) in [6, 6.07) is 12.2. The number of ether oxygens (including phenoxy) is 1. The molecular formula is C26H32NO5-. The van der Waals surface area contributed by atoms with E-state index >= 15 is 0 Å². The van der Waals surface area contributed by atoms with E-state index in [1.807, 2.05) is 6.92 Å². The Balaban J connectivity index is 1.65. The molecule has 1 saturated carbocycles. The molecule has 0 heterocycles. The summed E-state index contributed by atoms with van der Waals surface area (Å²) in [6.07, 6.45) is 2.46. The monoisotopic (exact) mass is 438 g/mol. The number of carbonyl (C=O) groups excluding carboxylic acids is 1. The number of carbonyl (C=O) groups is 1. The third kappa shape index (κ3) is 3.70. The Hall–Kier alpha value is -2.41. The van der Waals surface area contributed by atoms with Crippen LogP contribution in [0.3, 0.4) is 0 Å². The molecule has 2 aliphatic rings. The van der Waals surface area contributed by atoms with Crippen LogP contribution in [0.1, 0.15) is 82.1 Å². The lowest BCUT2D eigenvalue weighted by Crippen LogP contribution is -2.54. The molecule has 6 heteroatoms. The molecule has 0 bridgehead atoms. The number of rotatable bonds is 4. The van der Waals surface area contributed by atoms with Crippen LogP contribution in [0.2, 0.25) is 0 Å². The standard InChI is InChI=1S/C26H32NO5/c1-16(2)17-6-11-21-20(14-17)22(28)15-23-25(21,3)12-5-13-26(23,4)24(29)32-19-9-7-18(8-10-19)27(30)31/h6-11,14,16,22-23,28,30H,5,12-13,15H2,1-4H3/q-1/t22-,23+,25+,26+/m0/s1. The smallest absolute Gasteiger partial charge is 0.317 e. The summed E-state index contributed by atoms with van der Waals surface area (Å²) < 4.78 is 5.74. The normalized spacial score (nSPS) is 29.2. The molecule has 0 spiro atoms. The molecular weight excluding hydrogens is 406 g/mol. The molecule has 2 aromatic carbocycles. The highest BCUT2D eigenvalue weighted by Crippen LogP contribution is 2.59. The van der Waals surface area contributed by atoms with Crippen molar-refractivity contribution < 1.29 is 19.8 Å². The van der Waals surface area contributed by atoms with Gasteiger partial charge in [-0.25, -0.2) is 0 Å². The van der Waals surface area contributed by atoms with E-state index in [4.69, 9.17) is 9.94 Å². The third-order valence-electron chi connectivity index (χ3n) is 7.84. The summed E-state index contributed by atoms with van der Waals surface area (Å²) in [6.45, 7) is 8.48. The van der Waals surface area contributed by atoms with E-state index in [0.29, 0.717) is 24.5 Å². The lowest BCUT2D eigenvalue weighted by atomic mass is 9.49. The van der Waals surface area contributed by atoms with Crippen molar-refractivity contribution in [1.29, 1.82) is 0 Å². The summed E-state index contributed by atoms with van der Waals surface area (Å²) in [7, 11) is 0. The van der Waals surface area contributed by atoms with Crippen molar-refractivity contribution in [3.63, 3.8) is 0 Å². The van der Waals surface area contributed by atoms with Gasteiger partial charge >= 0.3 is 5.97 Å². The van der Waals surface area contributed by atoms with Crippen LogP contribution < -0.4 is 9.96 Å². The van der Waals surface area contributed by atoms with E-state index in [-0.39, 0.29) is 28.2 Å². The molecule has 2 aliphatic carbocycles. The van der Waals surface area contributed by atoms with Gasteiger partial charge in [0.1, 0.15) is 5.75 Å². The van der Waals surface area contributed by atoms with Gasteiger partial charge in [0, 0.05) is 0 Å². The molecule has 172 valence electrons. The van der Waals surface area contributed by atoms with Crippen molar-refractivity contribution in [3.8, 4) is 5.75 Å². The molecule has 4 atom stereocenters. The van der Waals surface area contributed by atoms with Crippen LogP contribution >= 0.6 is 0 Å². The first-order valence-electron chi connectivity index (χ1n) is 11.4. The van der Waals surface area contributed by atoms with Crippen LogP contribution in [0.15, 0.2) is 42.5 Å². The van der Waals surface area contributed by atoms with Gasteiger partial charge in [-0.3, -0.25) is 10.0 Å². The highest BCUT2D eigenvalue weighted by atomic mass is 16.8. The first-order valence-corrected chi connectivity index (χ1v) is 11.4. The Morgan fingerprint density at radius 2 is 1.84 bits per heavy atom. The van der Waals surface area contributed by atoms with Crippen molar-refractivity contribution >= 4 is 11.7 Å². The first-order chi connectivity index (χ1) is 15.1. The minimum Gasteiger partial charge on any atom is -0.733 e. The fraction of sp³-hybridized carbons (Fsp3) is 0.500. The molecule has 0 aliphatic heterocycles. The van der Waals surface area contributed by atoms with Gasteiger partial charge in [-0.15, -0.1) is 0 Å². The van der Waals surface area contributed by atoms with E-state index < -0.39 is 11.5 Å². The number of nitrogens with zero attached hydrogens (tertiary/aromatic N) is 1. The van der Waals surface area contributed by atoms with Crippen molar-refractivity contribution in [2.75, 3.05) is 5.23 Å². The zero-order chi connectivity index (χ0) is 23.3. The maximum atomic E-state index is 13.4. The predicted octanol–water partition coefficient (Wildman–Crippen LogP) is 5.61. The topological polar surface area (TPSA) is 93.1 Å². The third-order valence-corrected chi connectivity index (χ3v) is 7.84. The van der Waals surface area contributed by atoms with Gasteiger partial charge in [-0.1, -0.05) is 45.4 Å². The van der Waals surface area contributed by atoms with Crippen LogP contribution in [0, 0.1) is 16.5 Å². The number of anilines is 1. The zero-order valence-corrected chi connectivity index (χ0v) is 19.2. The molecule has 0 radical (unpaired) electrons. The number of hydrogen-bond acceptors (Lipinski definition) is 6. The second-order valence-corrected chi connectivity index (χ2v) is 10.2. The SMILES string of the molecule is CC(C)c1ccc2c(c1)[C@@H](O)C[C@H]1[C@](C)(C(=O)Oc3ccc(N([O-])O)cc3)CCC[C@]21C. The minimum atomic E-state index is -0.747. The Kier molecular flexibility index (Phi) is 5.82. The molecule has 0 amide bonds. The average molecular weight is 439 g/mol. The maximum absolute atomic E-state index is 13.4. The zero-order valence-electron chi connectivity index (χ0n) is 19.2. The lowest BCUT2D eigenvalue weighted by Gasteiger charge is -2.55. The van der Waals surface area contributed by atoms with E-state index in [2.05, 4.69) is 39.0 Å². The fourth-order valence-corrected chi connectivity index (χ4v) is 5.91. The van der Waals surface area contributed by atoms with Crippen LogP contribution in [0.25, 0.3) is 0 Å². The number of fused-ring (bicyclic) bond motifs is 3. The molecule has 0 unspecified atom stereocenters. The Morgan fingerprint density at radius 3 is 2.47 bits per heavy atom. The van der Waals surface area contributed by atoms with E-state index in [0.717, 1.165) is 24.0 Å². The molecule has 0 aromatic heterocycles. The molecule has 1 fully saturated rings. The molecule has 32 heavy (non-hydrogen) atoms. The molecule has 2 N–H and O–H groups in total. The van der Waals surface area contributed by atoms with Crippen LogP contribution in [0.5, 0.6) is 5.75 Å². The lowest BCUT2D eigenvalue weighted by molar-refractivity contribution is -0.156. The number of hydrogen-bond donors (Lipinski definition) is 2. The minimum absolute atomic E-state index is 0.0579. The van der Waals surface area contributed by atoms with Gasteiger partial charge < -0.3 is 20.3 Å². The Bertz CT molecular complexity index is 1000. The molecule has 2 aromatic rings. The Labute approximate surface area is 189 Å². The maximum Gasteiger partial charge on any atom is 0.317 e. The highest BCUT2D eigenvalue weighted by Gasteiger charge is 2.57. The van der Waals surface area contributed by atoms with Crippen LogP contribution in [-0.4, -0.2) is 16.3 Å². The van der Waals surface area contributed by atoms with Gasteiger partial charge in [-0.2, -0.15) is 0 Å². The number of esters is 1. The summed E-state index contributed by atoms with van der Waals surface area (Å²) in [4.78, 5) is 13.4. The second-order valence-electron chi connectivity index (χ2n) is 10.2. The van der Waals surface area contributed by atoms with E-state index in [9.17, 15) is 15.1 Å². The summed E-state index contributed by atoms with van der Waals surface area (Å²) >= 11 is 0. The van der Waals surface area contributed by atoms with Crippen molar-refractivity contribution in [3.05, 3.63) is 64.4 Å². The highest BCUT2D eigenvalue weighted by molar-refractivity contribution is 5.80. The average Bonchev–Trinajstić information content (AvgIpc) is 2.75. The number of aliphatic hydroxyl groups excluding tert-OH is 1. The first kappa shape index (κ1) is 22.8. The quantitative estimate of drug-likeness (QED) is 0.366. The number of aliphatic hydroxyl groups is 1. The van der Waals surface area contributed by atoms with Crippen molar-refractivity contribution in [2.45, 2.75) is 70.8 Å². The fourth-order valence-electron chi connectivity index (χ4n) is 5.91.